The third-order valence-corrected chi connectivity index (χ3v) is 4.06. The normalized spacial score (nSPS) is 11.9. The Bertz CT molecular complexity index is 411. The maximum absolute atomic E-state index is 11.2. The number of aromatic nitrogens is 2. The largest absolute Gasteiger partial charge is 0.315 e. The molecule has 1 N–H and O–H groups in total. The Morgan fingerprint density at radius 3 is 2.75 bits per heavy atom. The van der Waals surface area contributed by atoms with E-state index in [-0.39, 0.29) is 11.5 Å². The molecule has 0 fully saturated rings. The van der Waals surface area contributed by atoms with Crippen molar-refractivity contribution in [1.82, 2.24) is 15.1 Å². The maximum Gasteiger partial charge on any atom is 0.151 e. The van der Waals surface area contributed by atoms with Gasteiger partial charge in [-0.3, -0.25) is 4.68 Å². The minimum absolute atomic E-state index is 0.214. The Morgan fingerprint density at radius 2 is 2.19 bits per heavy atom. The summed E-state index contributed by atoms with van der Waals surface area (Å²) in [6.45, 7) is 2.95. The number of sulfone groups is 1. The van der Waals surface area contributed by atoms with Crippen molar-refractivity contribution >= 4 is 9.84 Å². The van der Waals surface area contributed by atoms with Gasteiger partial charge in [-0.25, -0.2) is 8.42 Å². The molecule has 0 saturated heterocycles. The number of rotatable bonds is 7. The number of nitrogens with one attached hydrogen (secondary N) is 1. The van der Waals surface area contributed by atoms with Crippen LogP contribution in [0.3, 0.4) is 0 Å². The van der Waals surface area contributed by atoms with Gasteiger partial charge in [-0.15, -0.1) is 0 Å². The van der Waals surface area contributed by atoms with E-state index in [9.17, 15) is 8.42 Å². The van der Waals surface area contributed by atoms with Crippen LogP contribution in [0.2, 0.25) is 0 Å². The van der Waals surface area contributed by atoms with Crippen LogP contribution < -0.4 is 5.32 Å². The van der Waals surface area contributed by atoms with E-state index in [0.717, 1.165) is 18.7 Å². The van der Waals surface area contributed by atoms with Crippen LogP contribution in [0.15, 0.2) is 12.3 Å². The predicted octanol–water partition coefficient (Wildman–Crippen LogP) is -0.0131. The summed E-state index contributed by atoms with van der Waals surface area (Å²) >= 11 is 0. The van der Waals surface area contributed by atoms with Gasteiger partial charge in [-0.05, 0) is 6.07 Å². The molecule has 92 valence electrons. The Morgan fingerprint density at radius 1 is 1.44 bits per heavy atom. The molecular formula is C10H19N3O2S. The lowest BCUT2D eigenvalue weighted by Gasteiger charge is -2.03. The number of nitrogens with zero attached hydrogens (tertiary/aromatic N) is 2. The molecule has 0 bridgehead atoms. The van der Waals surface area contributed by atoms with E-state index < -0.39 is 9.84 Å². The summed E-state index contributed by atoms with van der Waals surface area (Å²) in [4.78, 5) is 0. The van der Waals surface area contributed by atoms with Crippen LogP contribution in [-0.4, -0.2) is 42.8 Å². The van der Waals surface area contributed by atoms with Crippen molar-refractivity contribution in [3.63, 3.8) is 0 Å². The zero-order valence-corrected chi connectivity index (χ0v) is 10.6. The topological polar surface area (TPSA) is 64.0 Å². The minimum atomic E-state index is -2.84. The highest BCUT2D eigenvalue weighted by molar-refractivity contribution is 7.91. The molecule has 0 aliphatic rings. The predicted molar refractivity (Wildman–Crippen MR) is 64.1 cm³/mol. The van der Waals surface area contributed by atoms with E-state index in [4.69, 9.17) is 0 Å². The zero-order chi connectivity index (χ0) is 12.0. The fourth-order valence-corrected chi connectivity index (χ4v) is 2.05. The summed E-state index contributed by atoms with van der Waals surface area (Å²) < 4.78 is 24.1. The van der Waals surface area contributed by atoms with Crippen LogP contribution in [0.25, 0.3) is 0 Å². The van der Waals surface area contributed by atoms with Crippen LogP contribution in [0.4, 0.5) is 0 Å². The van der Waals surface area contributed by atoms with Crippen molar-refractivity contribution in [2.75, 3.05) is 24.6 Å². The Balaban J connectivity index is 2.13. The van der Waals surface area contributed by atoms with Crippen LogP contribution in [0, 0.1) is 0 Å². The second kappa shape index (κ2) is 6.00. The van der Waals surface area contributed by atoms with Gasteiger partial charge in [-0.1, -0.05) is 6.92 Å². The first-order valence-corrected chi connectivity index (χ1v) is 7.25. The van der Waals surface area contributed by atoms with Crippen molar-refractivity contribution < 1.29 is 8.42 Å². The summed E-state index contributed by atoms with van der Waals surface area (Å²) in [6, 6.07) is 1.96. The van der Waals surface area contributed by atoms with E-state index in [1.807, 2.05) is 19.3 Å². The van der Waals surface area contributed by atoms with Crippen LogP contribution in [0.5, 0.6) is 0 Å². The Labute approximate surface area is 96.8 Å². The molecule has 0 saturated carbocycles. The SMILES string of the molecule is CCS(=O)(=O)CCNCCc1ccn(C)n1. The first kappa shape index (κ1) is 13.2. The lowest BCUT2D eigenvalue weighted by molar-refractivity contribution is 0.591. The molecule has 1 heterocycles. The lowest BCUT2D eigenvalue weighted by atomic mass is 10.3. The Kier molecular flexibility index (Phi) is 4.95. The third-order valence-electron chi connectivity index (χ3n) is 2.36. The molecule has 0 atom stereocenters. The van der Waals surface area contributed by atoms with Gasteiger partial charge in [0.25, 0.3) is 0 Å². The third kappa shape index (κ3) is 4.76. The lowest BCUT2D eigenvalue weighted by Crippen LogP contribution is -2.25. The number of aryl methyl sites for hydroxylation is 1. The van der Waals surface area contributed by atoms with Crippen LogP contribution >= 0.6 is 0 Å². The monoisotopic (exact) mass is 245 g/mol. The van der Waals surface area contributed by atoms with E-state index in [1.54, 1.807) is 11.6 Å². The molecule has 0 aromatic carbocycles. The van der Waals surface area contributed by atoms with E-state index >= 15 is 0 Å². The van der Waals surface area contributed by atoms with Gasteiger partial charge in [0.15, 0.2) is 9.84 Å². The molecule has 1 aromatic rings. The first-order valence-electron chi connectivity index (χ1n) is 5.43. The highest BCUT2D eigenvalue weighted by atomic mass is 32.2. The van der Waals surface area contributed by atoms with Crippen molar-refractivity contribution in [2.45, 2.75) is 13.3 Å². The molecule has 1 aromatic heterocycles. The molecule has 16 heavy (non-hydrogen) atoms. The maximum atomic E-state index is 11.2. The molecule has 0 spiro atoms. The fourth-order valence-electron chi connectivity index (χ4n) is 1.31. The minimum Gasteiger partial charge on any atom is -0.315 e. The van der Waals surface area contributed by atoms with Gasteiger partial charge in [0.1, 0.15) is 0 Å². The standard InChI is InChI=1S/C10H19N3O2S/c1-3-16(14,15)9-7-11-6-4-10-5-8-13(2)12-10/h5,8,11H,3-4,6-7,9H2,1-2H3. The highest BCUT2D eigenvalue weighted by Gasteiger charge is 2.05. The van der Waals surface area contributed by atoms with Gasteiger partial charge in [-0.2, -0.15) is 5.10 Å². The van der Waals surface area contributed by atoms with Crippen LogP contribution in [0.1, 0.15) is 12.6 Å². The van der Waals surface area contributed by atoms with Gasteiger partial charge < -0.3 is 5.32 Å². The van der Waals surface area contributed by atoms with Crippen molar-refractivity contribution in [3.05, 3.63) is 18.0 Å². The molecule has 0 amide bonds. The van der Waals surface area contributed by atoms with Gasteiger partial charge >= 0.3 is 0 Å². The quantitative estimate of drug-likeness (QED) is 0.686. The summed E-state index contributed by atoms with van der Waals surface area (Å²) in [5, 5.41) is 7.34. The molecule has 5 nitrogen and oxygen atoms in total. The average molecular weight is 245 g/mol. The van der Waals surface area contributed by atoms with Crippen molar-refractivity contribution in [1.29, 1.82) is 0 Å². The van der Waals surface area contributed by atoms with E-state index in [1.165, 1.54) is 0 Å². The van der Waals surface area contributed by atoms with Crippen molar-refractivity contribution in [3.8, 4) is 0 Å². The van der Waals surface area contributed by atoms with E-state index in [2.05, 4.69) is 10.4 Å². The average Bonchev–Trinajstić information content (AvgIpc) is 2.64. The smallest absolute Gasteiger partial charge is 0.151 e. The molecular weight excluding hydrogens is 226 g/mol. The molecule has 0 unspecified atom stereocenters. The molecule has 0 aliphatic heterocycles. The fraction of sp³-hybridized carbons (Fsp3) is 0.700. The van der Waals surface area contributed by atoms with Gasteiger partial charge in [0, 0.05) is 38.5 Å². The highest BCUT2D eigenvalue weighted by Crippen LogP contribution is 1.94. The molecule has 0 aliphatic carbocycles. The summed E-state index contributed by atoms with van der Waals surface area (Å²) in [7, 11) is -0.963. The molecule has 6 heteroatoms. The Hall–Kier alpha value is -0.880. The number of hydrogen-bond donors (Lipinski definition) is 1. The van der Waals surface area contributed by atoms with Crippen molar-refractivity contribution in [2.24, 2.45) is 7.05 Å². The van der Waals surface area contributed by atoms with E-state index in [0.29, 0.717) is 6.54 Å². The number of hydrogen-bond acceptors (Lipinski definition) is 4. The summed E-state index contributed by atoms with van der Waals surface area (Å²) in [5.74, 6) is 0.431. The first-order chi connectivity index (χ1) is 7.53. The zero-order valence-electron chi connectivity index (χ0n) is 9.81. The summed E-state index contributed by atoms with van der Waals surface area (Å²) in [5.41, 5.74) is 1.02. The van der Waals surface area contributed by atoms with Gasteiger partial charge in [0.05, 0.1) is 11.4 Å². The second-order valence-electron chi connectivity index (χ2n) is 3.72. The molecule has 1 rings (SSSR count). The van der Waals surface area contributed by atoms with Crippen LogP contribution in [-0.2, 0) is 23.3 Å². The summed E-state index contributed by atoms with van der Waals surface area (Å²) in [6.07, 6.45) is 2.73. The molecule has 0 radical (unpaired) electrons. The van der Waals surface area contributed by atoms with Gasteiger partial charge in [0.2, 0.25) is 0 Å². The second-order valence-corrected chi connectivity index (χ2v) is 6.19.